The van der Waals surface area contributed by atoms with Crippen molar-refractivity contribution in [3.05, 3.63) is 99.2 Å². The van der Waals surface area contributed by atoms with Crippen molar-refractivity contribution in [3.8, 4) is 17.2 Å². The van der Waals surface area contributed by atoms with Crippen molar-refractivity contribution in [1.82, 2.24) is 4.90 Å². The van der Waals surface area contributed by atoms with Crippen LogP contribution in [0.4, 0.5) is 4.39 Å². The maximum absolute atomic E-state index is 13.5. The number of nitrogens with zero attached hydrogens (tertiary/aromatic N) is 1. The summed E-state index contributed by atoms with van der Waals surface area (Å²) in [6.07, 6.45) is 0.611. The van der Waals surface area contributed by atoms with Crippen LogP contribution >= 0.6 is 0 Å². The summed E-state index contributed by atoms with van der Waals surface area (Å²) in [5, 5.41) is 0.819. The van der Waals surface area contributed by atoms with Gasteiger partial charge in [0, 0.05) is 29.6 Å². The summed E-state index contributed by atoms with van der Waals surface area (Å²) in [7, 11) is 3.14. The summed E-state index contributed by atoms with van der Waals surface area (Å²) >= 11 is 0. The smallest absolute Gasteiger partial charge is 0.336 e. The second-order valence-electron chi connectivity index (χ2n) is 8.89. The van der Waals surface area contributed by atoms with Crippen molar-refractivity contribution in [3.63, 3.8) is 0 Å². The maximum Gasteiger partial charge on any atom is 0.336 e. The number of fused-ring (bicyclic) bond motifs is 2. The van der Waals surface area contributed by atoms with E-state index in [2.05, 4.69) is 0 Å². The van der Waals surface area contributed by atoms with Gasteiger partial charge in [0.05, 0.1) is 20.3 Å². The number of carbonyl (C=O) groups excluding carboxylic acids is 1. The third-order valence-electron chi connectivity index (χ3n) is 6.69. The van der Waals surface area contributed by atoms with Gasteiger partial charge < -0.3 is 23.5 Å². The number of ether oxygens (including phenoxy) is 3. The molecule has 0 N–H and O–H groups in total. The molecule has 1 aromatic heterocycles. The van der Waals surface area contributed by atoms with E-state index < -0.39 is 17.5 Å². The molecule has 1 aliphatic rings. The number of methoxy groups -OCH3 is 2. The lowest BCUT2D eigenvalue weighted by Crippen LogP contribution is -2.42. The fourth-order valence-electron chi connectivity index (χ4n) is 4.78. The Morgan fingerprint density at radius 3 is 2.49 bits per heavy atom. The molecule has 4 aromatic rings. The van der Waals surface area contributed by atoms with Gasteiger partial charge in [-0.25, -0.2) is 9.18 Å². The van der Waals surface area contributed by atoms with Gasteiger partial charge in [0.2, 0.25) is 0 Å². The van der Waals surface area contributed by atoms with E-state index in [1.165, 1.54) is 30.3 Å². The Labute approximate surface area is 213 Å². The average Bonchev–Trinajstić information content (AvgIpc) is 2.90. The van der Waals surface area contributed by atoms with E-state index in [4.69, 9.17) is 18.6 Å². The minimum absolute atomic E-state index is 0.136. The fourth-order valence-corrected chi connectivity index (χ4v) is 4.78. The van der Waals surface area contributed by atoms with E-state index >= 15 is 0 Å². The van der Waals surface area contributed by atoms with Gasteiger partial charge in [-0.1, -0.05) is 0 Å². The number of aryl methyl sites for hydroxylation is 1. The van der Waals surface area contributed by atoms with Crippen LogP contribution in [-0.2, 0) is 6.42 Å². The fraction of sp³-hybridized carbons (Fsp3) is 0.241. The van der Waals surface area contributed by atoms with Crippen LogP contribution in [0.2, 0.25) is 0 Å². The molecule has 8 heteroatoms. The number of hydrogen-bond donors (Lipinski definition) is 0. The third-order valence-corrected chi connectivity index (χ3v) is 6.69. The lowest BCUT2D eigenvalue weighted by molar-refractivity contribution is 0.0589. The highest BCUT2D eigenvalue weighted by Crippen LogP contribution is 2.39. The van der Waals surface area contributed by atoms with Crippen LogP contribution in [-0.4, -0.2) is 38.2 Å². The van der Waals surface area contributed by atoms with E-state index in [-0.39, 0.29) is 12.5 Å². The normalized spacial score (nSPS) is 14.8. The van der Waals surface area contributed by atoms with Crippen molar-refractivity contribution in [2.45, 2.75) is 19.4 Å². The first-order valence-corrected chi connectivity index (χ1v) is 11.9. The highest BCUT2D eigenvalue weighted by molar-refractivity contribution is 5.94. The highest BCUT2D eigenvalue weighted by Gasteiger charge is 2.33. The third kappa shape index (κ3) is 4.74. The van der Waals surface area contributed by atoms with E-state index in [1.54, 1.807) is 31.3 Å². The summed E-state index contributed by atoms with van der Waals surface area (Å²) < 4.78 is 36.0. The Hall–Kier alpha value is -4.33. The largest absolute Gasteiger partial charge is 0.493 e. The minimum atomic E-state index is -0.457. The summed E-state index contributed by atoms with van der Waals surface area (Å²) in [4.78, 5) is 27.1. The summed E-state index contributed by atoms with van der Waals surface area (Å²) in [6.45, 7) is 2.43. The summed E-state index contributed by atoms with van der Waals surface area (Å²) in [5.41, 5.74) is 3.10. The predicted molar refractivity (Wildman–Crippen MR) is 136 cm³/mol. The highest BCUT2D eigenvalue weighted by atomic mass is 19.1. The van der Waals surface area contributed by atoms with E-state index in [0.717, 1.165) is 22.1 Å². The molecule has 3 aromatic carbocycles. The van der Waals surface area contributed by atoms with Crippen LogP contribution in [0.25, 0.3) is 11.0 Å². The molecule has 0 fully saturated rings. The van der Waals surface area contributed by atoms with Gasteiger partial charge in [-0.3, -0.25) is 4.79 Å². The molecule has 1 atom stereocenters. The van der Waals surface area contributed by atoms with Crippen molar-refractivity contribution < 1.29 is 27.8 Å². The van der Waals surface area contributed by atoms with Gasteiger partial charge in [-0.05, 0) is 78.6 Å². The van der Waals surface area contributed by atoms with Crippen molar-refractivity contribution in [2.24, 2.45) is 0 Å². The Morgan fingerprint density at radius 1 is 1.03 bits per heavy atom. The number of benzene rings is 3. The van der Waals surface area contributed by atoms with Crippen LogP contribution in [0.5, 0.6) is 17.2 Å². The molecule has 2 heterocycles. The lowest BCUT2D eigenvalue weighted by atomic mass is 9.91. The standard InChI is InChI=1S/C29H26FNO6/c1-17-12-28(32)37-25-14-21(8-9-22(17)25)36-16-24-23-15-27(35-3)26(34-2)13-19(23)10-11-31(24)29(33)18-4-6-20(30)7-5-18/h4-9,12-15,24H,10-11,16H2,1-3H3/t24-/m0/s1. The molecular weight excluding hydrogens is 477 g/mol. The minimum Gasteiger partial charge on any atom is -0.493 e. The molecule has 5 rings (SSSR count). The Morgan fingerprint density at radius 2 is 1.76 bits per heavy atom. The van der Waals surface area contributed by atoms with Crippen molar-refractivity contribution in [2.75, 3.05) is 27.4 Å². The lowest BCUT2D eigenvalue weighted by Gasteiger charge is -2.37. The zero-order valence-electron chi connectivity index (χ0n) is 20.7. The zero-order chi connectivity index (χ0) is 26.1. The molecule has 0 saturated heterocycles. The van der Waals surface area contributed by atoms with Crippen LogP contribution < -0.4 is 19.8 Å². The molecule has 37 heavy (non-hydrogen) atoms. The van der Waals surface area contributed by atoms with Crippen LogP contribution in [0.1, 0.15) is 33.1 Å². The molecule has 0 aliphatic carbocycles. The molecule has 0 unspecified atom stereocenters. The SMILES string of the molecule is COc1cc2c(cc1OC)[C@H](COc1ccc3c(C)cc(=O)oc3c1)N(C(=O)c1ccc(F)cc1)CC2. The Bertz CT molecular complexity index is 1530. The van der Waals surface area contributed by atoms with Gasteiger partial charge in [0.1, 0.15) is 23.8 Å². The van der Waals surface area contributed by atoms with E-state index in [1.807, 2.05) is 25.1 Å². The molecular formula is C29H26FNO6. The second kappa shape index (κ2) is 9.97. The first kappa shape index (κ1) is 24.4. The molecule has 1 aliphatic heterocycles. The topological polar surface area (TPSA) is 78.2 Å². The quantitative estimate of drug-likeness (QED) is 0.342. The second-order valence-corrected chi connectivity index (χ2v) is 8.89. The molecule has 1 amide bonds. The Kier molecular flexibility index (Phi) is 6.56. The zero-order valence-corrected chi connectivity index (χ0v) is 20.7. The number of hydrogen-bond acceptors (Lipinski definition) is 6. The molecule has 7 nitrogen and oxygen atoms in total. The van der Waals surface area contributed by atoms with Gasteiger partial charge in [-0.15, -0.1) is 0 Å². The van der Waals surface area contributed by atoms with Crippen LogP contribution in [0.3, 0.4) is 0 Å². The van der Waals surface area contributed by atoms with Crippen molar-refractivity contribution >= 4 is 16.9 Å². The Balaban J connectivity index is 1.51. The first-order valence-electron chi connectivity index (χ1n) is 11.9. The number of amides is 1. The first-order chi connectivity index (χ1) is 17.9. The number of carbonyl (C=O) groups is 1. The monoisotopic (exact) mass is 503 g/mol. The molecule has 0 radical (unpaired) electrons. The maximum atomic E-state index is 13.5. The average molecular weight is 504 g/mol. The van der Waals surface area contributed by atoms with Gasteiger partial charge >= 0.3 is 5.63 Å². The molecule has 0 spiro atoms. The molecule has 190 valence electrons. The van der Waals surface area contributed by atoms with Gasteiger partial charge in [0.15, 0.2) is 11.5 Å². The van der Waals surface area contributed by atoms with E-state index in [9.17, 15) is 14.0 Å². The summed E-state index contributed by atoms with van der Waals surface area (Å²) in [6, 6.07) is 15.6. The summed E-state index contributed by atoms with van der Waals surface area (Å²) in [5.74, 6) is 1.03. The van der Waals surface area contributed by atoms with Crippen molar-refractivity contribution in [1.29, 1.82) is 0 Å². The molecule has 0 bridgehead atoms. The molecule has 0 saturated carbocycles. The number of rotatable bonds is 6. The number of halogens is 1. The predicted octanol–water partition coefficient (Wildman–Crippen LogP) is 5.08. The van der Waals surface area contributed by atoms with E-state index in [0.29, 0.717) is 41.4 Å². The van der Waals surface area contributed by atoms with Gasteiger partial charge in [-0.2, -0.15) is 0 Å². The van der Waals surface area contributed by atoms with Crippen LogP contribution in [0.15, 0.2) is 69.9 Å². The van der Waals surface area contributed by atoms with Crippen LogP contribution in [0, 0.1) is 12.7 Å². The van der Waals surface area contributed by atoms with Gasteiger partial charge in [0.25, 0.3) is 5.91 Å².